The minimum atomic E-state index is -0.323. The van der Waals surface area contributed by atoms with E-state index in [2.05, 4.69) is 20.5 Å². The van der Waals surface area contributed by atoms with Gasteiger partial charge in [0.2, 0.25) is 0 Å². The van der Waals surface area contributed by atoms with Crippen LogP contribution in [0.15, 0.2) is 67.3 Å². The van der Waals surface area contributed by atoms with Gasteiger partial charge in [0.1, 0.15) is 5.82 Å². The van der Waals surface area contributed by atoms with Crippen LogP contribution >= 0.6 is 0 Å². The van der Waals surface area contributed by atoms with Gasteiger partial charge >= 0.3 is 0 Å². The molecule has 0 saturated carbocycles. The van der Waals surface area contributed by atoms with Gasteiger partial charge in [0.05, 0.1) is 35.0 Å². The van der Waals surface area contributed by atoms with Crippen LogP contribution in [0.5, 0.6) is 0 Å². The van der Waals surface area contributed by atoms with Gasteiger partial charge in [0.15, 0.2) is 5.82 Å². The molecule has 0 aliphatic rings. The van der Waals surface area contributed by atoms with E-state index in [9.17, 15) is 9.18 Å². The predicted molar refractivity (Wildman–Crippen MR) is 107 cm³/mol. The highest BCUT2D eigenvalue weighted by Gasteiger charge is 2.21. The molecule has 3 heterocycles. The quantitative estimate of drug-likeness (QED) is 0.559. The zero-order valence-electron chi connectivity index (χ0n) is 16.0. The minimum absolute atomic E-state index is 0.0311. The Hall–Kier alpha value is -3.81. The van der Waals surface area contributed by atoms with Crippen LogP contribution in [0.2, 0.25) is 0 Å². The Morgan fingerprint density at radius 2 is 1.86 bits per heavy atom. The van der Waals surface area contributed by atoms with Gasteiger partial charge in [0, 0.05) is 12.4 Å². The summed E-state index contributed by atoms with van der Waals surface area (Å²) in [5.41, 5.74) is 2.46. The molecule has 1 amide bonds. The van der Waals surface area contributed by atoms with Crippen LogP contribution < -0.4 is 5.32 Å². The van der Waals surface area contributed by atoms with E-state index < -0.39 is 0 Å². The van der Waals surface area contributed by atoms with Crippen molar-refractivity contribution in [2.45, 2.75) is 19.8 Å². The number of halogens is 1. The fraction of sp³-hybridized carbons (Fsp3) is 0.143. The van der Waals surface area contributed by atoms with Gasteiger partial charge in [-0.05, 0) is 48.4 Å². The van der Waals surface area contributed by atoms with Crippen LogP contribution in [0, 0.1) is 5.82 Å². The SMILES string of the molecule is CC(C)c1c(C(=O)Nc2ccc(-n3cccn3)nc2)cnn1-c1ccc(F)cc1. The highest BCUT2D eigenvalue weighted by Crippen LogP contribution is 2.24. The zero-order valence-corrected chi connectivity index (χ0v) is 16.0. The molecule has 146 valence electrons. The second-order valence-electron chi connectivity index (χ2n) is 6.80. The maximum absolute atomic E-state index is 13.3. The van der Waals surface area contributed by atoms with E-state index in [1.54, 1.807) is 52.2 Å². The summed E-state index contributed by atoms with van der Waals surface area (Å²) in [5, 5.41) is 11.3. The van der Waals surface area contributed by atoms with Crippen molar-refractivity contribution >= 4 is 11.6 Å². The van der Waals surface area contributed by atoms with E-state index in [0.717, 1.165) is 5.69 Å². The molecule has 29 heavy (non-hydrogen) atoms. The summed E-state index contributed by atoms with van der Waals surface area (Å²) in [6, 6.07) is 11.3. The number of benzene rings is 1. The van der Waals surface area contributed by atoms with Crippen LogP contribution in [0.1, 0.15) is 35.8 Å². The lowest BCUT2D eigenvalue weighted by Crippen LogP contribution is -2.15. The fourth-order valence-electron chi connectivity index (χ4n) is 3.07. The second kappa shape index (κ2) is 7.67. The average Bonchev–Trinajstić information content (AvgIpc) is 3.39. The number of carbonyl (C=O) groups is 1. The molecule has 4 rings (SSSR count). The van der Waals surface area contributed by atoms with Crippen LogP contribution in [0.25, 0.3) is 11.5 Å². The Bertz CT molecular complexity index is 1120. The van der Waals surface area contributed by atoms with Crippen LogP contribution in [0.3, 0.4) is 0 Å². The lowest BCUT2D eigenvalue weighted by Gasteiger charge is -2.13. The van der Waals surface area contributed by atoms with Gasteiger partial charge in [0.25, 0.3) is 5.91 Å². The van der Waals surface area contributed by atoms with Gasteiger partial charge in [-0.1, -0.05) is 13.8 Å². The first-order chi connectivity index (χ1) is 14.0. The molecule has 3 aromatic heterocycles. The third-order valence-corrected chi connectivity index (χ3v) is 4.41. The third kappa shape index (κ3) is 3.77. The Morgan fingerprint density at radius 1 is 1.07 bits per heavy atom. The molecule has 7 nitrogen and oxygen atoms in total. The van der Waals surface area contributed by atoms with Crippen molar-refractivity contribution in [2.75, 3.05) is 5.32 Å². The standard InChI is InChI=1S/C21H19FN6O/c1-14(2)20-18(13-25-28(20)17-7-4-15(22)5-8-17)21(29)26-16-6-9-19(23-12-16)27-11-3-10-24-27/h3-14H,1-2H3,(H,26,29). The molecule has 0 aliphatic carbocycles. The predicted octanol–water partition coefficient (Wildman–Crippen LogP) is 3.97. The number of anilines is 1. The zero-order chi connectivity index (χ0) is 20.4. The van der Waals surface area contributed by atoms with Gasteiger partial charge < -0.3 is 5.32 Å². The molecule has 0 fully saturated rings. The van der Waals surface area contributed by atoms with E-state index in [0.29, 0.717) is 22.8 Å². The number of hydrogen-bond acceptors (Lipinski definition) is 4. The largest absolute Gasteiger partial charge is 0.320 e. The summed E-state index contributed by atoms with van der Waals surface area (Å²) in [6.45, 7) is 3.96. The fourth-order valence-corrected chi connectivity index (χ4v) is 3.07. The first-order valence-corrected chi connectivity index (χ1v) is 9.14. The number of nitrogens with zero attached hydrogens (tertiary/aromatic N) is 5. The van der Waals surface area contributed by atoms with Gasteiger partial charge in [-0.2, -0.15) is 10.2 Å². The lowest BCUT2D eigenvalue weighted by atomic mass is 10.0. The van der Waals surface area contributed by atoms with E-state index in [4.69, 9.17) is 0 Å². The first kappa shape index (κ1) is 18.5. The summed E-state index contributed by atoms with van der Waals surface area (Å²) in [4.78, 5) is 17.2. The van der Waals surface area contributed by atoms with E-state index in [1.165, 1.54) is 18.3 Å². The van der Waals surface area contributed by atoms with Crippen molar-refractivity contribution in [3.63, 3.8) is 0 Å². The van der Waals surface area contributed by atoms with Crippen LogP contribution in [0.4, 0.5) is 10.1 Å². The van der Waals surface area contributed by atoms with Crippen LogP contribution in [-0.2, 0) is 0 Å². The average molecular weight is 390 g/mol. The maximum atomic E-state index is 13.3. The minimum Gasteiger partial charge on any atom is -0.320 e. The van der Waals surface area contributed by atoms with E-state index in [-0.39, 0.29) is 17.6 Å². The number of pyridine rings is 1. The van der Waals surface area contributed by atoms with Crippen molar-refractivity contribution in [1.29, 1.82) is 0 Å². The molecule has 0 radical (unpaired) electrons. The van der Waals surface area contributed by atoms with Crippen molar-refractivity contribution in [2.24, 2.45) is 0 Å². The molecule has 0 saturated heterocycles. The Morgan fingerprint density at radius 3 is 2.48 bits per heavy atom. The summed E-state index contributed by atoms with van der Waals surface area (Å²) in [6.07, 6.45) is 6.57. The molecule has 0 atom stereocenters. The summed E-state index contributed by atoms with van der Waals surface area (Å²) in [7, 11) is 0. The smallest absolute Gasteiger partial charge is 0.259 e. The Labute approximate surface area is 166 Å². The molecule has 0 aliphatic heterocycles. The number of amides is 1. The van der Waals surface area contributed by atoms with Crippen LogP contribution in [-0.4, -0.2) is 30.5 Å². The highest BCUT2D eigenvalue weighted by atomic mass is 19.1. The summed E-state index contributed by atoms with van der Waals surface area (Å²) >= 11 is 0. The van der Waals surface area contributed by atoms with Gasteiger partial charge in [-0.25, -0.2) is 18.7 Å². The molecule has 0 unspecified atom stereocenters. The number of carbonyl (C=O) groups excluding carboxylic acids is 1. The molecular weight excluding hydrogens is 371 g/mol. The topological polar surface area (TPSA) is 77.6 Å². The van der Waals surface area contributed by atoms with Crippen molar-refractivity contribution in [3.05, 3.63) is 84.3 Å². The summed E-state index contributed by atoms with van der Waals surface area (Å²) < 4.78 is 16.5. The molecule has 4 aromatic rings. The lowest BCUT2D eigenvalue weighted by molar-refractivity contribution is 0.102. The molecule has 1 N–H and O–H groups in total. The number of nitrogens with one attached hydrogen (secondary N) is 1. The second-order valence-corrected chi connectivity index (χ2v) is 6.80. The molecule has 0 spiro atoms. The van der Waals surface area contributed by atoms with Gasteiger partial charge in [-0.3, -0.25) is 4.79 Å². The number of aromatic nitrogens is 5. The van der Waals surface area contributed by atoms with E-state index in [1.807, 2.05) is 19.9 Å². The maximum Gasteiger partial charge on any atom is 0.259 e. The monoisotopic (exact) mass is 390 g/mol. The number of hydrogen-bond donors (Lipinski definition) is 1. The molecule has 8 heteroatoms. The van der Waals surface area contributed by atoms with Gasteiger partial charge in [-0.15, -0.1) is 0 Å². The summed E-state index contributed by atoms with van der Waals surface area (Å²) in [5.74, 6) is 0.0790. The van der Waals surface area contributed by atoms with Crippen molar-refractivity contribution in [1.82, 2.24) is 24.5 Å². The Kier molecular flexibility index (Phi) is 4.90. The first-order valence-electron chi connectivity index (χ1n) is 9.14. The normalized spacial score (nSPS) is 11.0. The molecule has 1 aromatic carbocycles. The Balaban J connectivity index is 1.59. The highest BCUT2D eigenvalue weighted by molar-refractivity contribution is 6.05. The van der Waals surface area contributed by atoms with E-state index >= 15 is 0 Å². The number of rotatable bonds is 5. The van der Waals surface area contributed by atoms with Crippen molar-refractivity contribution < 1.29 is 9.18 Å². The molecule has 0 bridgehead atoms. The molecular formula is C21H19FN6O. The van der Waals surface area contributed by atoms with Crippen molar-refractivity contribution in [3.8, 4) is 11.5 Å². The third-order valence-electron chi connectivity index (χ3n) is 4.41.